The summed E-state index contributed by atoms with van der Waals surface area (Å²) in [5.74, 6) is -0.347. The van der Waals surface area contributed by atoms with Gasteiger partial charge in [-0.05, 0) is 17.0 Å². The van der Waals surface area contributed by atoms with Gasteiger partial charge in [-0.15, -0.1) is 0 Å². The number of hydrogen-bond donors (Lipinski definition) is 1. The smallest absolute Gasteiger partial charge is 0.236 e. The monoisotopic (exact) mass is 342 g/mol. The minimum absolute atomic E-state index is 0.0360. The minimum Gasteiger partial charge on any atom is -0.340 e. The molecule has 0 fully saturated rings. The molecule has 2 rings (SSSR count). The second-order valence-electron chi connectivity index (χ2n) is 7.43. The quantitative estimate of drug-likeness (QED) is 0.855. The molecule has 1 atom stereocenters. The van der Waals surface area contributed by atoms with Crippen molar-refractivity contribution in [3.05, 3.63) is 71.5 Å². The summed E-state index contributed by atoms with van der Waals surface area (Å²) < 4.78 is 13.8. The lowest BCUT2D eigenvalue weighted by molar-refractivity contribution is -0.129. The van der Waals surface area contributed by atoms with Crippen molar-refractivity contribution in [2.45, 2.75) is 33.4 Å². The molecule has 0 spiro atoms. The van der Waals surface area contributed by atoms with Crippen LogP contribution in [0.15, 0.2) is 54.6 Å². The Morgan fingerprint density at radius 3 is 2.28 bits per heavy atom. The summed E-state index contributed by atoms with van der Waals surface area (Å²) in [5, 5.41) is 3.37. The second-order valence-corrected chi connectivity index (χ2v) is 7.43. The van der Waals surface area contributed by atoms with Gasteiger partial charge < -0.3 is 10.2 Å². The number of carbonyl (C=O) groups is 1. The molecule has 3 nitrogen and oxygen atoms in total. The van der Waals surface area contributed by atoms with E-state index in [2.05, 4.69) is 38.2 Å². The zero-order valence-electron chi connectivity index (χ0n) is 15.4. The van der Waals surface area contributed by atoms with E-state index in [-0.39, 0.29) is 36.3 Å². The van der Waals surface area contributed by atoms with Crippen LogP contribution in [0.3, 0.4) is 0 Å². The van der Waals surface area contributed by atoms with E-state index in [1.54, 1.807) is 30.1 Å². The van der Waals surface area contributed by atoms with Crippen molar-refractivity contribution >= 4 is 5.91 Å². The Bertz CT molecular complexity index is 695. The molecule has 1 N–H and O–H groups in total. The van der Waals surface area contributed by atoms with E-state index in [0.717, 1.165) is 5.56 Å². The van der Waals surface area contributed by atoms with Crippen LogP contribution in [0.4, 0.5) is 4.39 Å². The SMILES string of the molecule is CN(Cc1ccccc1F)C(=O)CNC(c1ccccc1)C(C)(C)C. The Morgan fingerprint density at radius 2 is 1.68 bits per heavy atom. The zero-order valence-corrected chi connectivity index (χ0v) is 15.4. The molecule has 0 radical (unpaired) electrons. The Kier molecular flexibility index (Phi) is 6.32. The number of benzene rings is 2. The van der Waals surface area contributed by atoms with Gasteiger partial charge in [-0.25, -0.2) is 4.39 Å². The number of rotatable bonds is 6. The number of amides is 1. The molecular formula is C21H27FN2O. The first-order valence-electron chi connectivity index (χ1n) is 8.54. The second kappa shape index (κ2) is 8.26. The molecule has 0 saturated carbocycles. The average Bonchev–Trinajstić information content (AvgIpc) is 2.56. The van der Waals surface area contributed by atoms with Crippen LogP contribution in [0.1, 0.15) is 37.9 Å². The molecule has 0 aromatic heterocycles. The maximum Gasteiger partial charge on any atom is 0.236 e. The van der Waals surface area contributed by atoms with E-state index in [1.807, 2.05) is 18.2 Å². The molecule has 0 aliphatic rings. The van der Waals surface area contributed by atoms with E-state index < -0.39 is 0 Å². The van der Waals surface area contributed by atoms with Crippen molar-refractivity contribution in [1.29, 1.82) is 0 Å². The number of nitrogens with one attached hydrogen (secondary N) is 1. The molecule has 0 heterocycles. The highest BCUT2D eigenvalue weighted by Crippen LogP contribution is 2.32. The van der Waals surface area contributed by atoms with Crippen LogP contribution in [0, 0.1) is 11.2 Å². The molecule has 0 aliphatic heterocycles. The number of hydrogen-bond acceptors (Lipinski definition) is 2. The molecule has 0 saturated heterocycles. The molecule has 2 aromatic rings. The third kappa shape index (κ3) is 5.40. The van der Waals surface area contributed by atoms with Crippen LogP contribution < -0.4 is 5.32 Å². The third-order valence-electron chi connectivity index (χ3n) is 4.25. The fraction of sp³-hybridized carbons (Fsp3) is 0.381. The van der Waals surface area contributed by atoms with Gasteiger partial charge in [-0.3, -0.25) is 4.79 Å². The van der Waals surface area contributed by atoms with Gasteiger partial charge in [-0.2, -0.15) is 0 Å². The number of halogens is 1. The highest BCUT2D eigenvalue weighted by molar-refractivity contribution is 5.78. The minimum atomic E-state index is -0.285. The first-order valence-corrected chi connectivity index (χ1v) is 8.54. The number of nitrogens with zero attached hydrogens (tertiary/aromatic N) is 1. The summed E-state index contributed by atoms with van der Waals surface area (Å²) in [6.45, 7) is 6.90. The number of likely N-dealkylation sites (N-methyl/N-ethyl adjacent to an activating group) is 1. The fourth-order valence-corrected chi connectivity index (χ4v) is 2.86. The molecule has 4 heteroatoms. The molecule has 134 valence electrons. The van der Waals surface area contributed by atoms with E-state index in [1.165, 1.54) is 6.07 Å². The predicted octanol–water partition coefficient (Wildman–Crippen LogP) is 4.16. The summed E-state index contributed by atoms with van der Waals surface area (Å²) in [6.07, 6.45) is 0. The summed E-state index contributed by atoms with van der Waals surface area (Å²) >= 11 is 0. The van der Waals surface area contributed by atoms with Crippen LogP contribution in [0.5, 0.6) is 0 Å². The predicted molar refractivity (Wildman–Crippen MR) is 99.5 cm³/mol. The van der Waals surface area contributed by atoms with Crippen LogP contribution in [0.2, 0.25) is 0 Å². The van der Waals surface area contributed by atoms with Gasteiger partial charge in [0.15, 0.2) is 0 Å². The van der Waals surface area contributed by atoms with Crippen molar-refractivity contribution in [3.63, 3.8) is 0 Å². The summed E-state index contributed by atoms with van der Waals surface area (Å²) in [6, 6.07) is 16.7. The van der Waals surface area contributed by atoms with Gasteiger partial charge in [0.25, 0.3) is 0 Å². The topological polar surface area (TPSA) is 32.3 Å². The van der Waals surface area contributed by atoms with E-state index in [9.17, 15) is 9.18 Å². The summed E-state index contributed by atoms with van der Waals surface area (Å²) in [7, 11) is 1.70. The molecule has 1 unspecified atom stereocenters. The van der Waals surface area contributed by atoms with Gasteiger partial charge in [0.2, 0.25) is 5.91 Å². The van der Waals surface area contributed by atoms with E-state index in [4.69, 9.17) is 0 Å². The average molecular weight is 342 g/mol. The maximum atomic E-state index is 13.8. The fourth-order valence-electron chi connectivity index (χ4n) is 2.86. The molecule has 1 amide bonds. The standard InChI is InChI=1S/C21H27FN2O/c1-21(2,3)20(16-10-6-5-7-11-16)23-14-19(25)24(4)15-17-12-8-9-13-18(17)22/h5-13,20,23H,14-15H2,1-4H3. The van der Waals surface area contributed by atoms with Gasteiger partial charge in [-0.1, -0.05) is 69.3 Å². The molecule has 0 aliphatic carbocycles. The highest BCUT2D eigenvalue weighted by atomic mass is 19.1. The third-order valence-corrected chi connectivity index (χ3v) is 4.25. The molecule has 2 aromatic carbocycles. The first kappa shape index (κ1) is 19.1. The van der Waals surface area contributed by atoms with Crippen LogP contribution in [0.25, 0.3) is 0 Å². The first-order chi connectivity index (χ1) is 11.8. The summed E-state index contributed by atoms with van der Waals surface area (Å²) in [4.78, 5) is 14.0. The van der Waals surface area contributed by atoms with Gasteiger partial charge in [0.1, 0.15) is 5.82 Å². The van der Waals surface area contributed by atoms with Crippen LogP contribution >= 0.6 is 0 Å². The van der Waals surface area contributed by atoms with Crippen molar-refractivity contribution in [2.24, 2.45) is 5.41 Å². The lowest BCUT2D eigenvalue weighted by atomic mass is 9.82. The Morgan fingerprint density at radius 1 is 1.08 bits per heavy atom. The largest absolute Gasteiger partial charge is 0.340 e. The number of carbonyl (C=O) groups excluding carboxylic acids is 1. The Labute approximate surface area is 149 Å². The highest BCUT2D eigenvalue weighted by Gasteiger charge is 2.26. The van der Waals surface area contributed by atoms with E-state index >= 15 is 0 Å². The molecular weight excluding hydrogens is 315 g/mol. The molecule has 0 bridgehead atoms. The summed E-state index contributed by atoms with van der Waals surface area (Å²) in [5.41, 5.74) is 1.64. The lowest BCUT2D eigenvalue weighted by Gasteiger charge is -2.32. The molecule has 25 heavy (non-hydrogen) atoms. The van der Waals surface area contributed by atoms with E-state index in [0.29, 0.717) is 5.56 Å². The lowest BCUT2D eigenvalue weighted by Crippen LogP contribution is -2.40. The maximum absolute atomic E-state index is 13.8. The van der Waals surface area contributed by atoms with Crippen molar-refractivity contribution in [3.8, 4) is 0 Å². The van der Waals surface area contributed by atoms with Gasteiger partial charge >= 0.3 is 0 Å². The Hall–Kier alpha value is -2.20. The van der Waals surface area contributed by atoms with Crippen molar-refractivity contribution < 1.29 is 9.18 Å². The Balaban J connectivity index is 2.00. The van der Waals surface area contributed by atoms with Gasteiger partial charge in [0, 0.05) is 25.2 Å². The zero-order chi connectivity index (χ0) is 18.4. The van der Waals surface area contributed by atoms with Crippen LogP contribution in [-0.2, 0) is 11.3 Å². The van der Waals surface area contributed by atoms with Crippen molar-refractivity contribution in [1.82, 2.24) is 10.2 Å². The normalized spacial score (nSPS) is 12.7. The van der Waals surface area contributed by atoms with Crippen molar-refractivity contribution in [2.75, 3.05) is 13.6 Å². The van der Waals surface area contributed by atoms with Gasteiger partial charge in [0.05, 0.1) is 6.54 Å². The van der Waals surface area contributed by atoms with Crippen LogP contribution in [-0.4, -0.2) is 24.4 Å².